The van der Waals surface area contributed by atoms with Crippen molar-refractivity contribution >= 4 is 22.8 Å². The molecule has 0 radical (unpaired) electrons. The predicted octanol–water partition coefficient (Wildman–Crippen LogP) is 3.81. The molecule has 0 atom stereocenters. The molecule has 0 N–H and O–H groups in total. The Hall–Kier alpha value is -1.95. The summed E-state index contributed by atoms with van der Waals surface area (Å²) in [6.45, 7) is 6.24. The largest absolute Gasteiger partial charge is 0.339 e. The van der Waals surface area contributed by atoms with E-state index >= 15 is 0 Å². The number of hydrogen-bond donors (Lipinski definition) is 0. The van der Waals surface area contributed by atoms with Crippen LogP contribution in [0.1, 0.15) is 31.3 Å². The molecular weight excluding hydrogens is 296 g/mol. The van der Waals surface area contributed by atoms with E-state index in [4.69, 9.17) is 4.52 Å². The number of nitrogens with zero attached hydrogens (tertiary/aromatic N) is 4. The minimum atomic E-state index is 0.509. The van der Waals surface area contributed by atoms with E-state index in [-0.39, 0.29) is 0 Å². The van der Waals surface area contributed by atoms with Gasteiger partial charge in [0.1, 0.15) is 5.03 Å². The Morgan fingerprint density at radius 3 is 2.55 bits per heavy atom. The number of fused-ring (bicyclic) bond motifs is 1. The molecule has 6 heteroatoms. The highest BCUT2D eigenvalue weighted by Crippen LogP contribution is 2.24. The molecule has 0 saturated heterocycles. The van der Waals surface area contributed by atoms with Crippen LogP contribution >= 0.6 is 11.8 Å². The van der Waals surface area contributed by atoms with Crippen LogP contribution in [-0.4, -0.2) is 20.1 Å². The third-order valence-electron chi connectivity index (χ3n) is 3.13. The number of hydrogen-bond acceptors (Lipinski definition) is 6. The maximum atomic E-state index is 5.25. The first kappa shape index (κ1) is 15.0. The molecule has 5 nitrogen and oxygen atoms in total. The van der Waals surface area contributed by atoms with Crippen LogP contribution in [0.2, 0.25) is 0 Å². The average Bonchev–Trinajstić information content (AvgIpc) is 2.91. The Balaban J connectivity index is 1.73. The summed E-state index contributed by atoms with van der Waals surface area (Å²) in [5.74, 6) is 2.55. The lowest BCUT2D eigenvalue weighted by molar-refractivity contribution is 0.360. The highest BCUT2D eigenvalue weighted by atomic mass is 32.2. The number of thioether (sulfide) groups is 1. The van der Waals surface area contributed by atoms with Crippen molar-refractivity contribution in [2.45, 2.75) is 38.0 Å². The van der Waals surface area contributed by atoms with E-state index in [9.17, 15) is 0 Å². The summed E-state index contributed by atoms with van der Waals surface area (Å²) in [6.07, 6.45) is 0.812. The molecule has 0 aliphatic rings. The smallest absolute Gasteiger partial charge is 0.226 e. The zero-order valence-corrected chi connectivity index (χ0v) is 13.7. The Morgan fingerprint density at radius 2 is 1.82 bits per heavy atom. The number of benzene rings is 1. The molecule has 2 aromatic heterocycles. The lowest BCUT2D eigenvalue weighted by Gasteiger charge is -2.04. The topological polar surface area (TPSA) is 64.7 Å². The minimum absolute atomic E-state index is 0.509. The van der Waals surface area contributed by atoms with Crippen LogP contribution in [0.4, 0.5) is 0 Å². The summed E-state index contributed by atoms with van der Waals surface area (Å²) in [5, 5.41) is 4.93. The van der Waals surface area contributed by atoms with Gasteiger partial charge in [-0.3, -0.25) is 0 Å². The van der Waals surface area contributed by atoms with Crippen molar-refractivity contribution in [2.75, 3.05) is 0 Å². The maximum Gasteiger partial charge on any atom is 0.226 e. The Bertz CT molecular complexity index is 785. The summed E-state index contributed by atoms with van der Waals surface area (Å²) in [4.78, 5) is 13.7. The maximum absolute atomic E-state index is 5.25. The van der Waals surface area contributed by atoms with Crippen LogP contribution in [0.15, 0.2) is 33.8 Å². The van der Waals surface area contributed by atoms with Gasteiger partial charge in [-0.1, -0.05) is 42.9 Å². The van der Waals surface area contributed by atoms with Crippen LogP contribution in [0.5, 0.6) is 0 Å². The highest BCUT2D eigenvalue weighted by Gasteiger charge is 2.11. The fraction of sp³-hybridized carbons (Fsp3) is 0.375. The van der Waals surface area contributed by atoms with Gasteiger partial charge < -0.3 is 4.52 Å². The third kappa shape index (κ3) is 3.44. The molecule has 0 aliphatic carbocycles. The Labute approximate surface area is 133 Å². The molecule has 2 heterocycles. The van der Waals surface area contributed by atoms with Gasteiger partial charge >= 0.3 is 0 Å². The first-order valence-electron chi connectivity index (χ1n) is 7.29. The van der Waals surface area contributed by atoms with Gasteiger partial charge in [0.2, 0.25) is 5.89 Å². The first-order valence-corrected chi connectivity index (χ1v) is 8.28. The van der Waals surface area contributed by atoms with Crippen molar-refractivity contribution in [3.8, 4) is 0 Å². The van der Waals surface area contributed by atoms with Gasteiger partial charge in [0, 0.05) is 6.42 Å². The molecule has 0 saturated carbocycles. The standard InChI is InChI=1S/C16H18N4OS/c1-10(2)8-15-19-14(20-21-15)9-22-16-11(3)17-12-6-4-5-7-13(12)18-16/h4-7,10H,8-9H2,1-3H3. The Morgan fingerprint density at radius 1 is 1.09 bits per heavy atom. The van der Waals surface area contributed by atoms with E-state index in [1.54, 1.807) is 11.8 Å². The lowest BCUT2D eigenvalue weighted by atomic mass is 10.1. The summed E-state index contributed by atoms with van der Waals surface area (Å²) in [6, 6.07) is 7.89. The third-order valence-corrected chi connectivity index (χ3v) is 4.20. The quantitative estimate of drug-likeness (QED) is 0.667. The zero-order chi connectivity index (χ0) is 15.5. The van der Waals surface area contributed by atoms with Gasteiger partial charge in [-0.25, -0.2) is 9.97 Å². The second kappa shape index (κ2) is 6.44. The Kier molecular flexibility index (Phi) is 4.38. The second-order valence-corrected chi connectivity index (χ2v) is 6.56. The molecule has 0 fully saturated rings. The molecule has 3 rings (SSSR count). The molecule has 3 aromatic rings. The van der Waals surface area contributed by atoms with E-state index in [0.29, 0.717) is 23.4 Å². The van der Waals surface area contributed by atoms with Gasteiger partial charge in [-0.05, 0) is 25.0 Å². The molecule has 1 aromatic carbocycles. The summed E-state index contributed by atoms with van der Waals surface area (Å²) in [5.41, 5.74) is 2.75. The molecule has 114 valence electrons. The van der Waals surface area contributed by atoms with Crippen molar-refractivity contribution in [3.05, 3.63) is 41.7 Å². The molecular formula is C16H18N4OS. The molecule has 0 aliphatic heterocycles. The second-order valence-electron chi connectivity index (χ2n) is 5.59. The molecule has 0 bridgehead atoms. The van der Waals surface area contributed by atoms with Crippen molar-refractivity contribution in [3.63, 3.8) is 0 Å². The number of rotatable bonds is 5. The van der Waals surface area contributed by atoms with E-state index in [1.165, 1.54) is 0 Å². The van der Waals surface area contributed by atoms with E-state index in [0.717, 1.165) is 28.2 Å². The van der Waals surface area contributed by atoms with Crippen LogP contribution in [0.25, 0.3) is 11.0 Å². The fourth-order valence-electron chi connectivity index (χ4n) is 2.12. The van der Waals surface area contributed by atoms with E-state index in [1.807, 2.05) is 31.2 Å². The molecule has 22 heavy (non-hydrogen) atoms. The minimum Gasteiger partial charge on any atom is -0.339 e. The van der Waals surface area contributed by atoms with Crippen LogP contribution < -0.4 is 0 Å². The molecule has 0 amide bonds. The number of aryl methyl sites for hydroxylation is 1. The van der Waals surface area contributed by atoms with Crippen molar-refractivity contribution in [1.82, 2.24) is 20.1 Å². The summed E-state index contributed by atoms with van der Waals surface area (Å²) < 4.78 is 5.25. The zero-order valence-electron chi connectivity index (χ0n) is 12.9. The molecule has 0 unspecified atom stereocenters. The van der Waals surface area contributed by atoms with Crippen LogP contribution in [0, 0.1) is 12.8 Å². The highest BCUT2D eigenvalue weighted by molar-refractivity contribution is 7.98. The van der Waals surface area contributed by atoms with Crippen molar-refractivity contribution in [2.24, 2.45) is 5.92 Å². The number of aromatic nitrogens is 4. The van der Waals surface area contributed by atoms with Gasteiger partial charge in [0.05, 0.1) is 22.5 Å². The van der Waals surface area contributed by atoms with Crippen LogP contribution in [0.3, 0.4) is 0 Å². The monoisotopic (exact) mass is 314 g/mol. The van der Waals surface area contributed by atoms with E-state index < -0.39 is 0 Å². The van der Waals surface area contributed by atoms with Gasteiger partial charge in [0.15, 0.2) is 5.82 Å². The van der Waals surface area contributed by atoms with E-state index in [2.05, 4.69) is 34.0 Å². The SMILES string of the molecule is Cc1nc2ccccc2nc1SCc1noc(CC(C)C)n1. The summed E-state index contributed by atoms with van der Waals surface area (Å²) >= 11 is 1.59. The van der Waals surface area contributed by atoms with Crippen LogP contribution in [-0.2, 0) is 12.2 Å². The van der Waals surface area contributed by atoms with Gasteiger partial charge in [0.25, 0.3) is 0 Å². The summed E-state index contributed by atoms with van der Waals surface area (Å²) in [7, 11) is 0. The first-order chi connectivity index (χ1) is 10.6. The van der Waals surface area contributed by atoms with Crippen molar-refractivity contribution in [1.29, 1.82) is 0 Å². The normalized spacial score (nSPS) is 11.5. The predicted molar refractivity (Wildman–Crippen MR) is 86.7 cm³/mol. The van der Waals surface area contributed by atoms with Crippen molar-refractivity contribution < 1.29 is 4.52 Å². The molecule has 0 spiro atoms. The fourth-order valence-corrected chi connectivity index (χ4v) is 2.92. The van der Waals surface area contributed by atoms with Gasteiger partial charge in [-0.15, -0.1) is 0 Å². The van der Waals surface area contributed by atoms with Gasteiger partial charge in [-0.2, -0.15) is 4.98 Å². The number of para-hydroxylation sites is 2. The average molecular weight is 314 g/mol. The lowest BCUT2D eigenvalue weighted by Crippen LogP contribution is -1.95.